The largest absolute Gasteiger partial charge is 0.404 e. The molecule has 0 saturated heterocycles. The lowest BCUT2D eigenvalue weighted by atomic mass is 9.98. The third-order valence-electron chi connectivity index (χ3n) is 3.89. The van der Waals surface area contributed by atoms with Crippen LogP contribution in [0, 0.1) is 5.92 Å². The van der Waals surface area contributed by atoms with E-state index in [1.807, 2.05) is 24.5 Å². The Morgan fingerprint density at radius 1 is 1.21 bits per heavy atom. The molecule has 0 aliphatic rings. The number of anilines is 1. The number of H-pyrrole nitrogens is 2. The number of hydrogen-bond donors (Lipinski definition) is 4. The Morgan fingerprint density at radius 3 is 2.50 bits per heavy atom. The van der Waals surface area contributed by atoms with Crippen LogP contribution >= 0.6 is 0 Å². The third kappa shape index (κ3) is 3.76. The van der Waals surface area contributed by atoms with E-state index in [0.29, 0.717) is 17.7 Å². The molecule has 3 aromatic heterocycles. The van der Waals surface area contributed by atoms with Crippen molar-refractivity contribution in [2.24, 2.45) is 11.7 Å². The fourth-order valence-electron chi connectivity index (χ4n) is 2.58. The minimum absolute atomic E-state index is 0.396. The molecular formula is C18H26N6. The van der Waals surface area contributed by atoms with Gasteiger partial charge in [0.2, 0.25) is 0 Å². The highest BCUT2D eigenvalue weighted by molar-refractivity contribution is 5.77. The third-order valence-corrected chi connectivity index (χ3v) is 3.89. The van der Waals surface area contributed by atoms with Crippen LogP contribution in [-0.4, -0.2) is 20.2 Å². The van der Waals surface area contributed by atoms with Crippen molar-refractivity contribution in [3.05, 3.63) is 48.1 Å². The smallest absolute Gasteiger partial charge is 0.108 e. The molecule has 0 aromatic carbocycles. The molecule has 3 heterocycles. The Bertz CT molecular complexity index is 810. The number of fused-ring (bicyclic) bond motifs is 1. The van der Waals surface area contributed by atoms with E-state index in [-0.39, 0.29) is 0 Å². The number of aromatic nitrogens is 4. The maximum atomic E-state index is 5.70. The summed E-state index contributed by atoms with van der Waals surface area (Å²) >= 11 is 0. The second-order valence-corrected chi connectivity index (χ2v) is 6.27. The summed E-state index contributed by atoms with van der Waals surface area (Å²) < 4.78 is 0. The van der Waals surface area contributed by atoms with Crippen LogP contribution < -0.4 is 11.5 Å². The second kappa shape index (κ2) is 7.68. The van der Waals surface area contributed by atoms with E-state index in [4.69, 9.17) is 11.5 Å². The van der Waals surface area contributed by atoms with Gasteiger partial charge in [-0.3, -0.25) is 10.1 Å². The highest BCUT2D eigenvalue weighted by Crippen LogP contribution is 2.25. The molecule has 0 aliphatic heterocycles. The van der Waals surface area contributed by atoms with Crippen molar-refractivity contribution in [1.29, 1.82) is 0 Å². The van der Waals surface area contributed by atoms with Gasteiger partial charge in [-0.1, -0.05) is 27.7 Å². The van der Waals surface area contributed by atoms with Crippen molar-refractivity contribution < 1.29 is 0 Å². The minimum atomic E-state index is 0.396. The molecule has 0 amide bonds. The molecule has 0 aliphatic carbocycles. The van der Waals surface area contributed by atoms with Crippen molar-refractivity contribution in [3.63, 3.8) is 0 Å². The average molecular weight is 326 g/mol. The first-order chi connectivity index (χ1) is 11.5. The Hall–Kier alpha value is -2.76. The fraction of sp³-hybridized carbons (Fsp3) is 0.333. The molecule has 0 atom stereocenters. The molecule has 0 spiro atoms. The van der Waals surface area contributed by atoms with Crippen molar-refractivity contribution >= 4 is 22.4 Å². The Morgan fingerprint density at radius 2 is 1.96 bits per heavy atom. The van der Waals surface area contributed by atoms with Gasteiger partial charge >= 0.3 is 0 Å². The molecule has 0 bridgehead atoms. The summed E-state index contributed by atoms with van der Waals surface area (Å²) in [6, 6.07) is 3.97. The molecule has 128 valence electrons. The van der Waals surface area contributed by atoms with E-state index in [9.17, 15) is 0 Å². The van der Waals surface area contributed by atoms with E-state index < -0.39 is 0 Å². The molecule has 0 radical (unpaired) electrons. The van der Waals surface area contributed by atoms with Gasteiger partial charge in [-0.25, -0.2) is 0 Å². The first-order valence-electron chi connectivity index (χ1n) is 8.08. The van der Waals surface area contributed by atoms with Crippen molar-refractivity contribution in [3.8, 4) is 0 Å². The van der Waals surface area contributed by atoms with Gasteiger partial charge in [0.15, 0.2) is 0 Å². The number of hydrogen-bond acceptors (Lipinski definition) is 4. The first-order valence-corrected chi connectivity index (χ1v) is 8.08. The zero-order valence-electron chi connectivity index (χ0n) is 14.7. The average Bonchev–Trinajstić information content (AvgIpc) is 3.17. The summed E-state index contributed by atoms with van der Waals surface area (Å²) in [4.78, 5) is 7.11. The van der Waals surface area contributed by atoms with Crippen LogP contribution in [0.1, 0.15) is 44.7 Å². The minimum Gasteiger partial charge on any atom is -0.404 e. The standard InChI is InChI=1S/C9H11N3.C9H15N3/c1-6(2)7-3-4-10-8-5-11-12-9(7)8;1-6(2)8(5-10)7-3-4-12-9(7)11/h3-6H,1-2H3,(H,11,12);3-6,12H,10-11H2,1-2H3/b;8-5-. The van der Waals surface area contributed by atoms with Crippen molar-refractivity contribution in [2.75, 3.05) is 5.73 Å². The number of rotatable bonds is 3. The van der Waals surface area contributed by atoms with Crippen LogP contribution in [0.5, 0.6) is 0 Å². The molecule has 0 fully saturated rings. The van der Waals surface area contributed by atoms with Gasteiger partial charge in [0.1, 0.15) is 11.3 Å². The first kappa shape index (κ1) is 17.6. The number of allylic oxidation sites excluding steroid dienone is 1. The highest BCUT2D eigenvalue weighted by Gasteiger charge is 2.09. The Labute approximate surface area is 142 Å². The van der Waals surface area contributed by atoms with Gasteiger partial charge in [-0.15, -0.1) is 0 Å². The van der Waals surface area contributed by atoms with E-state index in [1.165, 1.54) is 5.56 Å². The van der Waals surface area contributed by atoms with Crippen LogP contribution in [0.25, 0.3) is 16.6 Å². The topological polar surface area (TPSA) is 109 Å². The van der Waals surface area contributed by atoms with Gasteiger partial charge in [0.25, 0.3) is 0 Å². The summed E-state index contributed by atoms with van der Waals surface area (Å²) in [5, 5.41) is 6.91. The number of pyridine rings is 1. The lowest BCUT2D eigenvalue weighted by Gasteiger charge is -2.09. The molecule has 6 heteroatoms. The highest BCUT2D eigenvalue weighted by atomic mass is 15.1. The maximum absolute atomic E-state index is 5.70. The number of nitrogens with two attached hydrogens (primary N) is 2. The number of nitrogens with one attached hydrogen (secondary N) is 2. The summed E-state index contributed by atoms with van der Waals surface area (Å²) in [7, 11) is 0. The molecule has 3 aromatic rings. The van der Waals surface area contributed by atoms with Gasteiger partial charge in [0, 0.05) is 18.0 Å². The SMILES string of the molecule is CC(C)/C(=C/N)c1cc[nH]c1N.CC(C)c1ccnc2cn[nH]c12. The van der Waals surface area contributed by atoms with E-state index in [0.717, 1.165) is 22.2 Å². The molecule has 0 saturated carbocycles. The Balaban J connectivity index is 0.000000174. The normalized spacial score (nSPS) is 11.8. The van der Waals surface area contributed by atoms with Gasteiger partial charge in [-0.2, -0.15) is 5.10 Å². The summed E-state index contributed by atoms with van der Waals surface area (Å²) in [6.07, 6.45) is 7.01. The summed E-state index contributed by atoms with van der Waals surface area (Å²) in [5.74, 6) is 1.59. The van der Waals surface area contributed by atoms with E-state index >= 15 is 0 Å². The predicted octanol–water partition coefficient (Wildman–Crippen LogP) is 3.63. The number of aromatic amines is 2. The zero-order chi connectivity index (χ0) is 17.7. The molecule has 6 nitrogen and oxygen atoms in total. The molecule has 3 rings (SSSR count). The van der Waals surface area contributed by atoms with Crippen LogP contribution in [0.3, 0.4) is 0 Å². The van der Waals surface area contributed by atoms with Crippen LogP contribution in [0.15, 0.2) is 36.9 Å². The molecular weight excluding hydrogens is 300 g/mol. The Kier molecular flexibility index (Phi) is 5.63. The quantitative estimate of drug-likeness (QED) is 0.589. The van der Waals surface area contributed by atoms with Gasteiger partial charge in [-0.05, 0) is 41.3 Å². The van der Waals surface area contributed by atoms with Crippen LogP contribution in [0.2, 0.25) is 0 Å². The maximum Gasteiger partial charge on any atom is 0.108 e. The molecule has 6 N–H and O–H groups in total. The van der Waals surface area contributed by atoms with Gasteiger partial charge in [0.05, 0.1) is 11.7 Å². The zero-order valence-corrected chi connectivity index (χ0v) is 14.7. The molecule has 0 unspecified atom stereocenters. The fourth-order valence-corrected chi connectivity index (χ4v) is 2.58. The monoisotopic (exact) mass is 326 g/mol. The summed E-state index contributed by atoms with van der Waals surface area (Å²) in [6.45, 7) is 8.50. The van der Waals surface area contributed by atoms with Crippen LogP contribution in [0.4, 0.5) is 5.82 Å². The lowest BCUT2D eigenvalue weighted by Crippen LogP contribution is -1.99. The number of nitrogen functional groups attached to an aromatic ring is 1. The van der Waals surface area contributed by atoms with Crippen molar-refractivity contribution in [2.45, 2.75) is 33.6 Å². The van der Waals surface area contributed by atoms with Gasteiger partial charge < -0.3 is 16.5 Å². The van der Waals surface area contributed by atoms with Crippen LogP contribution in [-0.2, 0) is 0 Å². The number of nitrogens with zero attached hydrogens (tertiary/aromatic N) is 2. The summed E-state index contributed by atoms with van der Waals surface area (Å²) in [5.41, 5.74) is 16.6. The molecule has 24 heavy (non-hydrogen) atoms. The van der Waals surface area contributed by atoms with Crippen molar-refractivity contribution in [1.82, 2.24) is 20.2 Å². The van der Waals surface area contributed by atoms with E-state index in [2.05, 4.69) is 47.9 Å². The second-order valence-electron chi connectivity index (χ2n) is 6.27. The van der Waals surface area contributed by atoms with E-state index in [1.54, 1.807) is 12.4 Å². The predicted molar refractivity (Wildman–Crippen MR) is 100 cm³/mol. The lowest BCUT2D eigenvalue weighted by molar-refractivity contribution is 0.854.